The van der Waals surface area contributed by atoms with E-state index in [9.17, 15) is 14.7 Å². The summed E-state index contributed by atoms with van der Waals surface area (Å²) in [4.78, 5) is 30.4. The molecule has 3 rings (SSSR count). The molecule has 0 saturated carbocycles. The van der Waals surface area contributed by atoms with Crippen molar-refractivity contribution in [2.45, 2.75) is 6.42 Å². The molecule has 1 aromatic carbocycles. The van der Waals surface area contributed by atoms with Gasteiger partial charge < -0.3 is 20.5 Å². The van der Waals surface area contributed by atoms with E-state index in [4.69, 9.17) is 10.5 Å². The number of ether oxygens (including phenoxy) is 1. The van der Waals surface area contributed by atoms with Crippen LogP contribution in [-0.4, -0.2) is 46.9 Å². The summed E-state index contributed by atoms with van der Waals surface area (Å²) in [5, 5.41) is 9.65. The van der Waals surface area contributed by atoms with Gasteiger partial charge >= 0.3 is 0 Å². The summed E-state index contributed by atoms with van der Waals surface area (Å²) in [7, 11) is 0. The van der Waals surface area contributed by atoms with Crippen LogP contribution in [0.1, 0.15) is 5.82 Å². The van der Waals surface area contributed by atoms with E-state index in [1.807, 2.05) is 4.90 Å². The van der Waals surface area contributed by atoms with Crippen LogP contribution < -0.4 is 16.2 Å². The van der Waals surface area contributed by atoms with Gasteiger partial charge in [0, 0.05) is 25.2 Å². The summed E-state index contributed by atoms with van der Waals surface area (Å²) < 4.78 is 6.58. The van der Waals surface area contributed by atoms with Crippen LogP contribution >= 0.6 is 0 Å². The third-order valence-corrected chi connectivity index (χ3v) is 3.73. The molecule has 1 amide bonds. The lowest BCUT2D eigenvalue weighted by Crippen LogP contribution is -2.38. The van der Waals surface area contributed by atoms with Crippen LogP contribution in [-0.2, 0) is 16.0 Å². The Bertz CT molecular complexity index is 812. The van der Waals surface area contributed by atoms with Crippen molar-refractivity contribution in [3.63, 3.8) is 0 Å². The fraction of sp³-hybridized carbons (Fsp3) is 0.312. The Balaban J connectivity index is 2.10. The fourth-order valence-electron chi connectivity index (χ4n) is 2.65. The van der Waals surface area contributed by atoms with Crippen LogP contribution in [0.5, 0.6) is 5.75 Å². The van der Waals surface area contributed by atoms with Gasteiger partial charge in [0.15, 0.2) is 0 Å². The van der Waals surface area contributed by atoms with Crippen molar-refractivity contribution in [1.29, 1.82) is 0 Å². The van der Waals surface area contributed by atoms with Crippen molar-refractivity contribution in [2.75, 3.05) is 31.2 Å². The van der Waals surface area contributed by atoms with Gasteiger partial charge in [-0.2, -0.15) is 0 Å². The van der Waals surface area contributed by atoms with E-state index in [1.165, 1.54) is 22.8 Å². The summed E-state index contributed by atoms with van der Waals surface area (Å²) in [5.41, 5.74) is 5.39. The molecule has 126 valence electrons. The number of aromatic hydroxyl groups is 1. The molecule has 0 unspecified atom stereocenters. The number of morpholine rings is 1. The molecule has 0 atom stereocenters. The lowest BCUT2D eigenvalue weighted by atomic mass is 10.2. The van der Waals surface area contributed by atoms with E-state index in [0.717, 1.165) is 0 Å². The molecule has 1 aliphatic heterocycles. The first kappa shape index (κ1) is 16.0. The molecule has 0 aliphatic carbocycles. The van der Waals surface area contributed by atoms with Crippen LogP contribution in [0.2, 0.25) is 0 Å². The second-order valence-corrected chi connectivity index (χ2v) is 5.47. The predicted octanol–water partition coefficient (Wildman–Crippen LogP) is -0.197. The van der Waals surface area contributed by atoms with Gasteiger partial charge in [0.1, 0.15) is 17.4 Å². The Labute approximate surface area is 138 Å². The SMILES string of the molecule is NC(=O)Cc1nc(N2CCOCC2)cc(=O)n1-c1cccc(O)c1. The number of aromatic nitrogens is 2. The molecule has 0 bridgehead atoms. The Hall–Kier alpha value is -2.87. The van der Waals surface area contributed by atoms with Crippen LogP contribution in [0.4, 0.5) is 5.82 Å². The van der Waals surface area contributed by atoms with Gasteiger partial charge in [-0.1, -0.05) is 6.07 Å². The third kappa shape index (κ3) is 3.38. The van der Waals surface area contributed by atoms with Crippen molar-refractivity contribution < 1.29 is 14.6 Å². The Morgan fingerprint density at radius 2 is 2.04 bits per heavy atom. The Morgan fingerprint density at radius 1 is 1.29 bits per heavy atom. The van der Waals surface area contributed by atoms with E-state index in [2.05, 4.69) is 4.98 Å². The lowest BCUT2D eigenvalue weighted by Gasteiger charge is -2.28. The molecule has 1 saturated heterocycles. The van der Waals surface area contributed by atoms with E-state index in [1.54, 1.807) is 12.1 Å². The molecule has 0 radical (unpaired) electrons. The molecule has 2 aromatic rings. The zero-order valence-electron chi connectivity index (χ0n) is 13.0. The normalized spacial score (nSPS) is 14.6. The van der Waals surface area contributed by atoms with Crippen LogP contribution in [0.25, 0.3) is 5.69 Å². The summed E-state index contributed by atoms with van der Waals surface area (Å²) in [6, 6.07) is 7.61. The first-order valence-corrected chi connectivity index (χ1v) is 7.58. The minimum absolute atomic E-state index is 0.0154. The number of hydrogen-bond acceptors (Lipinski definition) is 6. The molecular weight excluding hydrogens is 312 g/mol. The molecule has 1 aromatic heterocycles. The van der Waals surface area contributed by atoms with Gasteiger partial charge in [-0.15, -0.1) is 0 Å². The number of hydrogen-bond donors (Lipinski definition) is 2. The van der Waals surface area contributed by atoms with Gasteiger partial charge in [0.25, 0.3) is 5.56 Å². The average molecular weight is 330 g/mol. The highest BCUT2D eigenvalue weighted by Crippen LogP contribution is 2.18. The van der Waals surface area contributed by atoms with Crippen molar-refractivity contribution in [1.82, 2.24) is 9.55 Å². The number of amides is 1. The molecule has 8 nitrogen and oxygen atoms in total. The van der Waals surface area contributed by atoms with E-state index < -0.39 is 5.91 Å². The highest BCUT2D eigenvalue weighted by molar-refractivity contribution is 5.76. The van der Waals surface area contributed by atoms with Crippen molar-refractivity contribution in [2.24, 2.45) is 5.73 Å². The minimum Gasteiger partial charge on any atom is -0.508 e. The van der Waals surface area contributed by atoms with Crippen LogP contribution in [0.3, 0.4) is 0 Å². The number of carbonyl (C=O) groups excluding carboxylic acids is 1. The number of primary amides is 1. The van der Waals surface area contributed by atoms with E-state index in [-0.39, 0.29) is 23.6 Å². The first-order valence-electron chi connectivity index (χ1n) is 7.58. The largest absolute Gasteiger partial charge is 0.508 e. The molecule has 0 spiro atoms. The molecule has 3 N–H and O–H groups in total. The summed E-state index contributed by atoms with van der Waals surface area (Å²) >= 11 is 0. The topological polar surface area (TPSA) is 111 Å². The second kappa shape index (κ2) is 6.71. The second-order valence-electron chi connectivity index (χ2n) is 5.47. The van der Waals surface area contributed by atoms with Gasteiger partial charge in [0.05, 0.1) is 25.3 Å². The molecule has 2 heterocycles. The maximum atomic E-state index is 12.6. The number of phenols is 1. The fourth-order valence-corrected chi connectivity index (χ4v) is 2.65. The van der Waals surface area contributed by atoms with Crippen molar-refractivity contribution in [3.05, 3.63) is 46.5 Å². The molecule has 24 heavy (non-hydrogen) atoms. The minimum atomic E-state index is -0.588. The molecule has 8 heteroatoms. The van der Waals surface area contributed by atoms with Crippen LogP contribution in [0, 0.1) is 0 Å². The number of anilines is 1. The maximum Gasteiger partial charge on any atom is 0.260 e. The summed E-state index contributed by atoms with van der Waals surface area (Å²) in [6.07, 6.45) is -0.178. The number of benzene rings is 1. The molecule has 1 fully saturated rings. The van der Waals surface area contributed by atoms with Gasteiger partial charge in [0.2, 0.25) is 5.91 Å². The van der Waals surface area contributed by atoms with Crippen molar-refractivity contribution >= 4 is 11.7 Å². The Morgan fingerprint density at radius 3 is 2.71 bits per heavy atom. The maximum absolute atomic E-state index is 12.6. The van der Waals surface area contributed by atoms with Crippen molar-refractivity contribution in [3.8, 4) is 11.4 Å². The van der Waals surface area contributed by atoms with Gasteiger partial charge in [-0.05, 0) is 12.1 Å². The number of carbonyl (C=O) groups is 1. The molecular formula is C16H18N4O4. The summed E-state index contributed by atoms with van der Waals surface area (Å²) in [5.74, 6) is 0.162. The van der Waals surface area contributed by atoms with Crippen LogP contribution in [0.15, 0.2) is 35.1 Å². The summed E-state index contributed by atoms with van der Waals surface area (Å²) in [6.45, 7) is 2.36. The smallest absolute Gasteiger partial charge is 0.260 e. The van der Waals surface area contributed by atoms with E-state index >= 15 is 0 Å². The van der Waals surface area contributed by atoms with Gasteiger partial charge in [-0.3, -0.25) is 14.2 Å². The number of nitrogens with two attached hydrogens (primary N) is 1. The molecule has 1 aliphatic rings. The zero-order chi connectivity index (χ0) is 17.1. The highest BCUT2D eigenvalue weighted by Gasteiger charge is 2.18. The quantitative estimate of drug-likeness (QED) is 0.803. The first-order chi connectivity index (χ1) is 11.5. The Kier molecular flexibility index (Phi) is 4.48. The standard InChI is InChI=1S/C16H18N4O4/c17-13(22)9-15-18-14(19-4-6-24-7-5-19)10-16(23)20(15)11-2-1-3-12(21)8-11/h1-3,8,10,21H,4-7,9H2,(H2,17,22). The van der Waals surface area contributed by atoms with Gasteiger partial charge in [-0.25, -0.2) is 4.98 Å². The highest BCUT2D eigenvalue weighted by atomic mass is 16.5. The lowest BCUT2D eigenvalue weighted by molar-refractivity contribution is -0.117. The average Bonchev–Trinajstić information content (AvgIpc) is 2.54. The van der Waals surface area contributed by atoms with E-state index in [0.29, 0.717) is 37.8 Å². The monoisotopic (exact) mass is 330 g/mol. The number of nitrogens with zero attached hydrogens (tertiary/aromatic N) is 3. The number of rotatable bonds is 4. The predicted molar refractivity (Wildman–Crippen MR) is 87.4 cm³/mol. The number of phenolic OH excluding ortho intramolecular Hbond substituents is 1. The third-order valence-electron chi connectivity index (χ3n) is 3.73. The zero-order valence-corrected chi connectivity index (χ0v) is 13.0.